The van der Waals surface area contributed by atoms with Gasteiger partial charge in [0.1, 0.15) is 5.82 Å². The van der Waals surface area contributed by atoms with Crippen LogP contribution >= 0.6 is 0 Å². The fourth-order valence-electron chi connectivity index (χ4n) is 2.00. The molecule has 3 N–H and O–H groups in total. The van der Waals surface area contributed by atoms with Gasteiger partial charge in [0.15, 0.2) is 0 Å². The molecule has 1 aromatic rings. The average molecular weight is 250 g/mol. The molecule has 2 rings (SSSR count). The van der Waals surface area contributed by atoms with Crippen molar-refractivity contribution in [2.45, 2.75) is 19.4 Å². The van der Waals surface area contributed by atoms with Gasteiger partial charge in [0, 0.05) is 31.5 Å². The maximum atomic E-state index is 12.3. The number of nitrogens with one attached hydrogen (secondary N) is 1. The molecule has 1 atom stereocenters. The maximum absolute atomic E-state index is 12.3. The van der Waals surface area contributed by atoms with Crippen LogP contribution in [-0.2, 0) is 4.74 Å². The fourth-order valence-corrected chi connectivity index (χ4v) is 2.00. The van der Waals surface area contributed by atoms with Gasteiger partial charge in [0.25, 0.3) is 5.91 Å². The lowest BCUT2D eigenvalue weighted by atomic mass is 10.2. The van der Waals surface area contributed by atoms with E-state index in [0.29, 0.717) is 24.5 Å². The lowest BCUT2D eigenvalue weighted by Crippen LogP contribution is -2.36. The molecule has 0 aliphatic carbocycles. The van der Waals surface area contributed by atoms with Crippen molar-refractivity contribution < 1.29 is 9.53 Å². The highest BCUT2D eigenvalue weighted by molar-refractivity contribution is 5.94. The Balaban J connectivity index is 2.13. The number of pyridine rings is 1. The molecule has 0 bridgehead atoms. The van der Waals surface area contributed by atoms with E-state index in [9.17, 15) is 4.79 Å². The molecule has 0 radical (unpaired) electrons. The standard InChI is InChI=1S/C12H18N4O2/c1-9-8-16(5-2-6-18-9)12(17)10-3-4-14-11(7-10)15-13/h3-4,7,9H,2,5-6,8,13H2,1H3,(H,14,15). The van der Waals surface area contributed by atoms with Crippen LogP contribution in [0.25, 0.3) is 0 Å². The SMILES string of the molecule is CC1CN(C(=O)c2ccnc(NN)c2)CCCO1. The molecule has 1 aliphatic heterocycles. The topological polar surface area (TPSA) is 80.5 Å². The zero-order chi connectivity index (χ0) is 13.0. The summed E-state index contributed by atoms with van der Waals surface area (Å²) in [6, 6.07) is 3.35. The Bertz CT molecular complexity index is 424. The van der Waals surface area contributed by atoms with E-state index >= 15 is 0 Å². The second-order valence-electron chi connectivity index (χ2n) is 4.36. The molecule has 1 saturated heterocycles. The molecule has 1 amide bonds. The summed E-state index contributed by atoms with van der Waals surface area (Å²) in [5.74, 6) is 5.76. The zero-order valence-corrected chi connectivity index (χ0v) is 10.4. The number of rotatable bonds is 2. The zero-order valence-electron chi connectivity index (χ0n) is 10.4. The Morgan fingerprint density at radius 1 is 1.67 bits per heavy atom. The molecule has 6 nitrogen and oxygen atoms in total. The van der Waals surface area contributed by atoms with Crippen molar-refractivity contribution in [3.8, 4) is 0 Å². The van der Waals surface area contributed by atoms with E-state index in [1.54, 1.807) is 18.3 Å². The Hall–Kier alpha value is -1.66. The van der Waals surface area contributed by atoms with E-state index in [0.717, 1.165) is 13.0 Å². The van der Waals surface area contributed by atoms with Crippen LogP contribution in [-0.4, -0.2) is 41.6 Å². The Kier molecular flexibility index (Phi) is 4.11. The van der Waals surface area contributed by atoms with Gasteiger partial charge in [-0.15, -0.1) is 0 Å². The molecule has 0 aromatic carbocycles. The van der Waals surface area contributed by atoms with Crippen molar-refractivity contribution in [2.75, 3.05) is 25.1 Å². The van der Waals surface area contributed by atoms with Crippen molar-refractivity contribution >= 4 is 11.7 Å². The van der Waals surface area contributed by atoms with E-state index < -0.39 is 0 Å². The van der Waals surface area contributed by atoms with Crippen molar-refractivity contribution in [3.63, 3.8) is 0 Å². The van der Waals surface area contributed by atoms with Gasteiger partial charge in [-0.1, -0.05) is 0 Å². The van der Waals surface area contributed by atoms with E-state index in [1.165, 1.54) is 0 Å². The summed E-state index contributed by atoms with van der Waals surface area (Å²) >= 11 is 0. The normalized spacial score (nSPS) is 20.3. The first-order valence-corrected chi connectivity index (χ1v) is 6.04. The van der Waals surface area contributed by atoms with Crippen LogP contribution in [0.4, 0.5) is 5.82 Å². The first kappa shape index (κ1) is 12.8. The summed E-state index contributed by atoms with van der Waals surface area (Å²) < 4.78 is 5.53. The van der Waals surface area contributed by atoms with Gasteiger partial charge < -0.3 is 15.1 Å². The summed E-state index contributed by atoms with van der Waals surface area (Å²) in [5.41, 5.74) is 3.03. The van der Waals surface area contributed by atoms with Gasteiger partial charge in [-0.25, -0.2) is 10.8 Å². The Morgan fingerprint density at radius 2 is 2.50 bits per heavy atom. The third-order valence-corrected chi connectivity index (χ3v) is 2.89. The second-order valence-corrected chi connectivity index (χ2v) is 4.36. The lowest BCUT2D eigenvalue weighted by molar-refractivity contribution is 0.0562. The number of ether oxygens (including phenoxy) is 1. The summed E-state index contributed by atoms with van der Waals surface area (Å²) in [5, 5.41) is 0. The van der Waals surface area contributed by atoms with Crippen LogP contribution in [0.2, 0.25) is 0 Å². The van der Waals surface area contributed by atoms with Crippen molar-refractivity contribution in [2.24, 2.45) is 5.84 Å². The predicted octanol–water partition coefficient (Wildman–Crippen LogP) is 0.618. The highest BCUT2D eigenvalue weighted by atomic mass is 16.5. The number of hydrogen-bond donors (Lipinski definition) is 2. The minimum Gasteiger partial charge on any atom is -0.377 e. The largest absolute Gasteiger partial charge is 0.377 e. The smallest absolute Gasteiger partial charge is 0.254 e. The predicted molar refractivity (Wildman–Crippen MR) is 68.0 cm³/mol. The van der Waals surface area contributed by atoms with Gasteiger partial charge in [-0.2, -0.15) is 0 Å². The summed E-state index contributed by atoms with van der Waals surface area (Å²) in [7, 11) is 0. The van der Waals surface area contributed by atoms with Gasteiger partial charge in [-0.3, -0.25) is 4.79 Å². The fraction of sp³-hybridized carbons (Fsp3) is 0.500. The van der Waals surface area contributed by atoms with Crippen molar-refractivity contribution in [1.29, 1.82) is 0 Å². The first-order valence-electron chi connectivity index (χ1n) is 6.04. The van der Waals surface area contributed by atoms with Crippen molar-refractivity contribution in [1.82, 2.24) is 9.88 Å². The summed E-state index contributed by atoms with van der Waals surface area (Å²) in [6.07, 6.45) is 2.51. The summed E-state index contributed by atoms with van der Waals surface area (Å²) in [6.45, 7) is 4.02. The number of hydrazine groups is 1. The molecule has 1 unspecified atom stereocenters. The van der Waals surface area contributed by atoms with Gasteiger partial charge in [0.2, 0.25) is 0 Å². The van der Waals surface area contributed by atoms with Crippen LogP contribution in [0.15, 0.2) is 18.3 Å². The quantitative estimate of drug-likeness (QED) is 0.594. The molecular formula is C12H18N4O2. The molecule has 0 spiro atoms. The number of carbonyl (C=O) groups excluding carboxylic acids is 1. The maximum Gasteiger partial charge on any atom is 0.254 e. The summed E-state index contributed by atoms with van der Waals surface area (Å²) in [4.78, 5) is 18.1. The van der Waals surface area contributed by atoms with Crippen molar-refractivity contribution in [3.05, 3.63) is 23.9 Å². The van der Waals surface area contributed by atoms with Gasteiger partial charge in [0.05, 0.1) is 6.10 Å². The van der Waals surface area contributed by atoms with Crippen LogP contribution in [0.5, 0.6) is 0 Å². The Labute approximate surface area is 106 Å². The molecule has 18 heavy (non-hydrogen) atoms. The molecule has 6 heteroatoms. The molecular weight excluding hydrogens is 232 g/mol. The highest BCUT2D eigenvalue weighted by Gasteiger charge is 2.21. The third kappa shape index (κ3) is 2.96. The van der Waals surface area contributed by atoms with E-state index in [-0.39, 0.29) is 12.0 Å². The number of amides is 1. The molecule has 1 aromatic heterocycles. The van der Waals surface area contributed by atoms with Gasteiger partial charge >= 0.3 is 0 Å². The molecule has 2 heterocycles. The minimum atomic E-state index is -0.00810. The monoisotopic (exact) mass is 250 g/mol. The Morgan fingerprint density at radius 3 is 3.28 bits per heavy atom. The van der Waals surface area contributed by atoms with Gasteiger partial charge in [-0.05, 0) is 25.5 Å². The number of aromatic nitrogens is 1. The minimum absolute atomic E-state index is 0.00810. The van der Waals surface area contributed by atoms with E-state index in [1.807, 2.05) is 11.8 Å². The van der Waals surface area contributed by atoms with Crippen LogP contribution in [0.3, 0.4) is 0 Å². The third-order valence-electron chi connectivity index (χ3n) is 2.89. The van der Waals surface area contributed by atoms with E-state index in [4.69, 9.17) is 10.6 Å². The number of nitrogens with zero attached hydrogens (tertiary/aromatic N) is 2. The highest BCUT2D eigenvalue weighted by Crippen LogP contribution is 2.12. The number of nitrogen functional groups attached to an aromatic ring is 1. The van der Waals surface area contributed by atoms with E-state index in [2.05, 4.69) is 10.4 Å². The average Bonchev–Trinajstić information content (AvgIpc) is 2.62. The molecule has 98 valence electrons. The number of carbonyl (C=O) groups is 1. The first-order chi connectivity index (χ1) is 8.70. The van der Waals surface area contributed by atoms with Crippen LogP contribution in [0, 0.1) is 0 Å². The lowest BCUT2D eigenvalue weighted by Gasteiger charge is -2.22. The second kappa shape index (κ2) is 5.79. The number of nitrogens with two attached hydrogens (primary N) is 1. The number of hydrogen-bond acceptors (Lipinski definition) is 5. The molecule has 1 aliphatic rings. The van der Waals surface area contributed by atoms with Crippen LogP contribution in [0.1, 0.15) is 23.7 Å². The molecule has 1 fully saturated rings. The number of anilines is 1. The van der Waals surface area contributed by atoms with Crippen LogP contribution < -0.4 is 11.3 Å². The molecule has 0 saturated carbocycles.